The number of carbonyl (C=O) groups is 1. The van der Waals surface area contributed by atoms with Crippen molar-refractivity contribution in [3.05, 3.63) is 59.7 Å². The van der Waals surface area contributed by atoms with Gasteiger partial charge in [0.05, 0.1) is 53.3 Å². The normalized spacial score (nSPS) is 12.0. The molecule has 3 aromatic carbocycles. The van der Waals surface area contributed by atoms with E-state index in [4.69, 9.17) is 30.5 Å². The number of nitrogen functional groups attached to an aromatic ring is 1. The first-order chi connectivity index (χ1) is 22.7. The average molecular weight is 683 g/mol. The molecule has 0 unspecified atom stereocenters. The smallest absolute Gasteiger partial charge is 0.238 e. The first kappa shape index (κ1) is 36.3. The lowest BCUT2D eigenvalue weighted by Crippen LogP contribution is -2.40. The Morgan fingerprint density at radius 2 is 1.62 bits per heavy atom. The van der Waals surface area contributed by atoms with Crippen molar-refractivity contribution in [2.24, 2.45) is 10.9 Å². The van der Waals surface area contributed by atoms with Gasteiger partial charge in [0.15, 0.2) is 0 Å². The number of phenols is 2. The molecule has 9 N–H and O–H groups in total. The van der Waals surface area contributed by atoms with Crippen LogP contribution in [-0.4, -0.2) is 86.5 Å². The third-order valence-corrected chi connectivity index (χ3v) is 8.65. The molecule has 1 aromatic heterocycles. The highest BCUT2D eigenvalue weighted by Crippen LogP contribution is 2.44. The first-order valence-corrected chi connectivity index (χ1v) is 16.9. The summed E-state index contributed by atoms with van der Waals surface area (Å²) in [6.07, 6.45) is 0.558. The maximum Gasteiger partial charge on any atom is 0.238 e. The Bertz CT molecular complexity index is 1890. The van der Waals surface area contributed by atoms with Crippen LogP contribution in [0, 0.1) is 5.41 Å². The zero-order chi connectivity index (χ0) is 35.1. The van der Waals surface area contributed by atoms with Crippen LogP contribution >= 0.6 is 0 Å². The minimum absolute atomic E-state index is 0.0210. The van der Waals surface area contributed by atoms with E-state index in [0.29, 0.717) is 74.8 Å². The zero-order valence-electron chi connectivity index (χ0n) is 27.1. The fourth-order valence-electron chi connectivity index (χ4n) is 4.90. The summed E-state index contributed by atoms with van der Waals surface area (Å²) >= 11 is 0. The number of primary sulfonamides is 1. The number of aromatic nitrogens is 2. The average Bonchev–Trinajstić information content (AvgIpc) is 3.46. The van der Waals surface area contributed by atoms with Gasteiger partial charge < -0.3 is 40.5 Å². The van der Waals surface area contributed by atoms with Gasteiger partial charge in [0.1, 0.15) is 23.2 Å². The molecule has 0 aliphatic carbocycles. The van der Waals surface area contributed by atoms with E-state index in [0.717, 1.165) is 18.2 Å². The number of nitrogens with zero attached hydrogens (tertiary/aromatic N) is 1. The van der Waals surface area contributed by atoms with Gasteiger partial charge in [-0.25, -0.2) is 18.5 Å². The Labute approximate surface area is 279 Å². The summed E-state index contributed by atoms with van der Waals surface area (Å²) in [5.74, 6) is -0.883. The highest BCUT2D eigenvalue weighted by molar-refractivity contribution is 7.89. The lowest BCUT2D eigenvalue weighted by Gasteiger charge is -2.26. The van der Waals surface area contributed by atoms with Crippen LogP contribution in [0.25, 0.3) is 33.5 Å². The van der Waals surface area contributed by atoms with Crippen molar-refractivity contribution in [2.45, 2.75) is 37.5 Å². The van der Waals surface area contributed by atoms with Crippen molar-refractivity contribution in [2.75, 3.05) is 46.2 Å². The van der Waals surface area contributed by atoms with Crippen molar-refractivity contribution < 1.29 is 37.6 Å². The largest absolute Gasteiger partial charge is 0.507 e. The molecule has 0 fully saturated rings. The Morgan fingerprint density at radius 1 is 0.958 bits per heavy atom. The number of nitrogens with two attached hydrogens (primary N) is 2. The summed E-state index contributed by atoms with van der Waals surface area (Å²) in [6.45, 7) is 8.61. The van der Waals surface area contributed by atoms with E-state index in [1.54, 1.807) is 38.1 Å². The molecule has 14 nitrogen and oxygen atoms in total. The summed E-state index contributed by atoms with van der Waals surface area (Å²) in [5, 5.41) is 38.4. The number of imidazole rings is 1. The molecular formula is C33H42N6O8S. The molecular weight excluding hydrogens is 640 g/mol. The molecule has 4 rings (SSSR count). The van der Waals surface area contributed by atoms with Gasteiger partial charge in [0.25, 0.3) is 0 Å². The summed E-state index contributed by atoms with van der Waals surface area (Å²) < 4.78 is 40.5. The van der Waals surface area contributed by atoms with Crippen LogP contribution in [-0.2, 0) is 34.4 Å². The fourth-order valence-corrected chi connectivity index (χ4v) is 5.44. The topological polar surface area (TPSA) is 236 Å². The Kier molecular flexibility index (Phi) is 11.8. The fraction of sp³-hybridized carbons (Fsp3) is 0.364. The van der Waals surface area contributed by atoms with Crippen LogP contribution in [0.3, 0.4) is 0 Å². The first-order valence-electron chi connectivity index (χ1n) is 15.3. The molecule has 0 spiro atoms. The number of aromatic hydroxyl groups is 2. The van der Waals surface area contributed by atoms with Crippen molar-refractivity contribution in [3.63, 3.8) is 0 Å². The van der Waals surface area contributed by atoms with E-state index in [1.807, 2.05) is 6.92 Å². The quantitative estimate of drug-likeness (QED) is 0.0488. The number of rotatable bonds is 17. The van der Waals surface area contributed by atoms with Crippen LogP contribution in [0.15, 0.2) is 53.4 Å². The number of aromatic amines is 1. The number of nitrogens with one attached hydrogen (secondary N) is 3. The second-order valence-corrected chi connectivity index (χ2v) is 13.1. The molecule has 1 heterocycles. The Morgan fingerprint density at radius 3 is 2.29 bits per heavy atom. The number of carbonyl (C=O) groups excluding carboxylic acids is 1. The zero-order valence-corrected chi connectivity index (χ0v) is 27.9. The van der Waals surface area contributed by atoms with Gasteiger partial charge in [0, 0.05) is 36.4 Å². The lowest BCUT2D eigenvalue weighted by atomic mass is 9.80. The van der Waals surface area contributed by atoms with Crippen LogP contribution in [0.1, 0.15) is 38.3 Å². The SMILES string of the molecule is CCOCCOCCOCCCNC(=O)C(C)(C)c1cc(-c2nc3cc(C(=N)N)ccc3[nH]2)c(O)c(-c2cc(S(N)(=O)=O)ccc2O)c1. The summed E-state index contributed by atoms with van der Waals surface area (Å²) in [7, 11) is -4.16. The molecule has 258 valence electrons. The van der Waals surface area contributed by atoms with Gasteiger partial charge >= 0.3 is 0 Å². The highest BCUT2D eigenvalue weighted by atomic mass is 32.2. The van der Waals surface area contributed by atoms with Gasteiger partial charge in [-0.1, -0.05) is 0 Å². The van der Waals surface area contributed by atoms with Crippen molar-refractivity contribution in [1.82, 2.24) is 15.3 Å². The van der Waals surface area contributed by atoms with Gasteiger partial charge in [0.2, 0.25) is 15.9 Å². The molecule has 0 radical (unpaired) electrons. The molecule has 4 aromatic rings. The van der Waals surface area contributed by atoms with Crippen LogP contribution < -0.4 is 16.2 Å². The molecule has 0 atom stereocenters. The Balaban J connectivity index is 1.63. The number of H-pyrrole nitrogens is 1. The van der Waals surface area contributed by atoms with Crippen LogP contribution in [0.4, 0.5) is 0 Å². The van der Waals surface area contributed by atoms with E-state index in [9.17, 15) is 23.4 Å². The summed E-state index contributed by atoms with van der Waals surface area (Å²) in [4.78, 5) is 21.0. The number of ether oxygens (including phenoxy) is 3. The van der Waals surface area contributed by atoms with Gasteiger partial charge in [-0.3, -0.25) is 10.2 Å². The molecule has 0 saturated heterocycles. The number of amidine groups is 1. The summed E-state index contributed by atoms with van der Waals surface area (Å²) in [6, 6.07) is 11.6. The second kappa shape index (κ2) is 15.6. The minimum atomic E-state index is -4.16. The van der Waals surface area contributed by atoms with Crippen molar-refractivity contribution >= 4 is 32.8 Å². The molecule has 0 aliphatic rings. The monoisotopic (exact) mass is 682 g/mol. The Hall–Kier alpha value is -4.54. The van der Waals surface area contributed by atoms with E-state index >= 15 is 0 Å². The van der Waals surface area contributed by atoms with E-state index in [2.05, 4.69) is 15.3 Å². The van der Waals surface area contributed by atoms with Gasteiger partial charge in [-0.2, -0.15) is 0 Å². The number of sulfonamides is 1. The standard InChI is InChI=1S/C33H42N6O8S/c1-4-45-12-13-47-15-14-46-11-5-10-37-32(42)33(2,3)21-17-24(23-19-22(48(36,43)44)7-9-28(23)40)29(41)25(18-21)31-38-26-8-6-20(30(34)35)16-27(26)39-31/h6-9,16-19,40-41H,4-5,10-15H2,1-3H3,(H3,34,35)(H,37,42)(H,38,39)(H2,36,43,44). The third kappa shape index (κ3) is 8.67. The van der Waals surface area contributed by atoms with Gasteiger partial charge in [-0.05, 0) is 81.3 Å². The maximum absolute atomic E-state index is 13.6. The molecule has 0 bridgehead atoms. The number of hydrogen-bond acceptors (Lipinski definition) is 10. The van der Waals surface area contributed by atoms with E-state index in [1.165, 1.54) is 6.07 Å². The van der Waals surface area contributed by atoms with Crippen molar-refractivity contribution in [1.29, 1.82) is 5.41 Å². The number of amides is 1. The molecule has 0 saturated carbocycles. The van der Waals surface area contributed by atoms with Crippen molar-refractivity contribution in [3.8, 4) is 34.0 Å². The summed E-state index contributed by atoms with van der Waals surface area (Å²) in [5.41, 5.74) is 6.65. The lowest BCUT2D eigenvalue weighted by molar-refractivity contribution is -0.125. The van der Waals surface area contributed by atoms with Crippen LogP contribution in [0.5, 0.6) is 11.5 Å². The minimum Gasteiger partial charge on any atom is -0.507 e. The highest BCUT2D eigenvalue weighted by Gasteiger charge is 2.32. The maximum atomic E-state index is 13.6. The molecule has 0 aliphatic heterocycles. The van der Waals surface area contributed by atoms with Gasteiger partial charge in [-0.15, -0.1) is 0 Å². The van der Waals surface area contributed by atoms with Crippen LogP contribution in [0.2, 0.25) is 0 Å². The van der Waals surface area contributed by atoms with E-state index < -0.39 is 15.4 Å². The number of fused-ring (bicyclic) bond motifs is 1. The van der Waals surface area contributed by atoms with E-state index in [-0.39, 0.29) is 50.7 Å². The number of benzene rings is 3. The number of phenolic OH excluding ortho intramolecular Hbond substituents is 2. The predicted octanol–water partition coefficient (Wildman–Crippen LogP) is 3.09. The molecule has 15 heteroatoms. The predicted molar refractivity (Wildman–Crippen MR) is 181 cm³/mol. The third-order valence-electron chi connectivity index (χ3n) is 7.73. The number of hydrogen-bond donors (Lipinski definition) is 7. The molecule has 48 heavy (non-hydrogen) atoms. The second-order valence-electron chi connectivity index (χ2n) is 11.5. The molecule has 1 amide bonds.